The molecule has 3 aliphatic rings. The van der Waals surface area contributed by atoms with Crippen LogP contribution in [0.3, 0.4) is 0 Å². The number of alkyl halides is 1. The monoisotopic (exact) mass is 481 g/mol. The number of piperidine rings is 1. The van der Waals surface area contributed by atoms with Gasteiger partial charge in [0.1, 0.15) is 29.7 Å². The molecule has 10 nitrogen and oxygen atoms in total. The summed E-state index contributed by atoms with van der Waals surface area (Å²) < 4.78 is 21.0. The maximum absolute atomic E-state index is 15.0. The van der Waals surface area contributed by atoms with E-state index in [1.54, 1.807) is 30.4 Å². The summed E-state index contributed by atoms with van der Waals surface area (Å²) in [5.74, 6) is 0.886. The number of hydrazine groups is 2. The molecule has 3 heterocycles. The van der Waals surface area contributed by atoms with Crippen LogP contribution in [0.15, 0.2) is 42.5 Å². The van der Waals surface area contributed by atoms with Crippen LogP contribution in [-0.4, -0.2) is 64.1 Å². The van der Waals surface area contributed by atoms with Crippen molar-refractivity contribution < 1.29 is 18.7 Å². The van der Waals surface area contributed by atoms with E-state index < -0.39 is 12.3 Å². The Morgan fingerprint density at radius 2 is 2.03 bits per heavy atom. The summed E-state index contributed by atoms with van der Waals surface area (Å²) in [4.78, 5) is 34.6. The maximum atomic E-state index is 15.0. The van der Waals surface area contributed by atoms with E-state index in [4.69, 9.17) is 4.74 Å². The van der Waals surface area contributed by atoms with E-state index in [1.165, 1.54) is 11.2 Å². The molecule has 2 aliphatic heterocycles. The average Bonchev–Trinajstić information content (AvgIpc) is 3.62. The van der Waals surface area contributed by atoms with Crippen molar-refractivity contribution in [3.63, 3.8) is 0 Å². The number of carbonyl (C=O) groups excluding carboxylic acids is 2. The van der Waals surface area contributed by atoms with E-state index in [0.29, 0.717) is 35.9 Å². The van der Waals surface area contributed by atoms with E-state index in [9.17, 15) is 14.0 Å². The second-order valence-electron chi connectivity index (χ2n) is 9.13. The van der Waals surface area contributed by atoms with Crippen LogP contribution in [0.2, 0.25) is 0 Å². The number of aryl methyl sites for hydroxylation is 1. The number of rotatable bonds is 6. The summed E-state index contributed by atoms with van der Waals surface area (Å²) in [6.07, 6.45) is 3.34. The Morgan fingerprint density at radius 1 is 1.20 bits per heavy atom. The van der Waals surface area contributed by atoms with Crippen LogP contribution in [0, 0.1) is 12.8 Å². The number of halogens is 1. The lowest BCUT2D eigenvalue weighted by atomic mass is 10.0. The second kappa shape index (κ2) is 9.49. The van der Waals surface area contributed by atoms with Gasteiger partial charge in [-0.05, 0) is 43.5 Å². The lowest BCUT2D eigenvalue weighted by Crippen LogP contribution is -2.50. The van der Waals surface area contributed by atoms with E-state index in [-0.39, 0.29) is 24.3 Å². The molecule has 1 aliphatic carbocycles. The van der Waals surface area contributed by atoms with Gasteiger partial charge in [0.05, 0.1) is 12.2 Å². The molecule has 3 N–H and O–H groups in total. The predicted octanol–water partition coefficient (Wildman–Crippen LogP) is 1.91. The number of hydrogen-bond donors (Lipinski definition) is 3. The third kappa shape index (κ3) is 5.19. The van der Waals surface area contributed by atoms with Gasteiger partial charge in [0, 0.05) is 43.8 Å². The topological polar surface area (TPSA) is 112 Å². The number of likely N-dealkylation sites (tertiary alicyclic amines) is 1. The molecule has 1 saturated heterocycles. The standard InChI is InChI=1S/C24H28FN7O3/c1-14-9-16(18-10-22(27-13-26-18)28-23(33)15-3-4-15)5-6-20(14)35-21-7-8-32(11-17(21)25)24(34)19-12-31(2)30-29-19/h5-6,9-10,12-13,15,17,21,29-30H,3-4,7-8,11H2,1-2H3,(H,26,27,28,33)/t17-,21+/m1/s1. The molecule has 184 valence electrons. The Morgan fingerprint density at radius 3 is 2.71 bits per heavy atom. The summed E-state index contributed by atoms with van der Waals surface area (Å²) in [5, 5.41) is 4.45. The van der Waals surface area contributed by atoms with Gasteiger partial charge in [0.2, 0.25) is 5.91 Å². The fraction of sp³-hybridized carbons (Fsp3) is 0.417. The van der Waals surface area contributed by atoms with E-state index in [2.05, 4.69) is 26.2 Å². The maximum Gasteiger partial charge on any atom is 0.273 e. The molecule has 0 radical (unpaired) electrons. The third-order valence-corrected chi connectivity index (χ3v) is 6.30. The van der Waals surface area contributed by atoms with Gasteiger partial charge in [0.15, 0.2) is 6.17 Å². The summed E-state index contributed by atoms with van der Waals surface area (Å²) in [5.41, 5.74) is 8.29. The second-order valence-corrected chi connectivity index (χ2v) is 9.13. The molecule has 2 fully saturated rings. The van der Waals surface area contributed by atoms with Gasteiger partial charge in [-0.1, -0.05) is 0 Å². The van der Waals surface area contributed by atoms with Gasteiger partial charge >= 0.3 is 0 Å². The number of amides is 2. The molecule has 35 heavy (non-hydrogen) atoms. The SMILES string of the molecule is Cc1cc(-c2cc(NC(=O)C3CC3)ncn2)ccc1O[C@H]1CCN(C(=O)C2=CN(C)NN2)C[C@H]1F. The smallest absolute Gasteiger partial charge is 0.273 e. The van der Waals surface area contributed by atoms with Crippen molar-refractivity contribution >= 4 is 17.6 Å². The van der Waals surface area contributed by atoms with Gasteiger partial charge in [-0.15, -0.1) is 5.53 Å². The van der Waals surface area contributed by atoms with Crippen LogP contribution >= 0.6 is 0 Å². The highest BCUT2D eigenvalue weighted by Gasteiger charge is 2.35. The fourth-order valence-corrected chi connectivity index (χ4v) is 4.15. The molecular formula is C24H28FN7O3. The van der Waals surface area contributed by atoms with Crippen molar-refractivity contribution in [1.29, 1.82) is 0 Å². The van der Waals surface area contributed by atoms with Crippen molar-refractivity contribution in [3.05, 3.63) is 48.1 Å². The van der Waals surface area contributed by atoms with Crippen molar-refractivity contribution in [3.8, 4) is 17.0 Å². The van der Waals surface area contributed by atoms with Crippen LogP contribution in [0.25, 0.3) is 11.3 Å². The number of anilines is 1. The Balaban J connectivity index is 1.21. The van der Waals surface area contributed by atoms with Crippen molar-refractivity contribution in [1.82, 2.24) is 30.8 Å². The molecule has 0 bridgehead atoms. The largest absolute Gasteiger partial charge is 0.487 e. The van der Waals surface area contributed by atoms with Gasteiger partial charge in [-0.3, -0.25) is 20.0 Å². The number of benzene rings is 1. The quantitative estimate of drug-likeness (QED) is 0.574. The molecule has 0 unspecified atom stereocenters. The lowest BCUT2D eigenvalue weighted by Gasteiger charge is -2.35. The molecule has 0 spiro atoms. The Labute approximate surface area is 202 Å². The number of hydrogen-bond acceptors (Lipinski definition) is 8. The number of nitrogens with zero attached hydrogens (tertiary/aromatic N) is 4. The lowest BCUT2D eigenvalue weighted by molar-refractivity contribution is -0.131. The van der Waals surface area contributed by atoms with Gasteiger partial charge in [-0.25, -0.2) is 14.4 Å². The molecule has 2 aromatic rings. The first-order valence-electron chi connectivity index (χ1n) is 11.7. The number of nitrogens with one attached hydrogen (secondary N) is 3. The highest BCUT2D eigenvalue weighted by atomic mass is 19.1. The van der Waals surface area contributed by atoms with Gasteiger partial charge in [-0.2, -0.15) is 0 Å². The number of carbonyl (C=O) groups is 2. The molecule has 2 atom stereocenters. The Bertz CT molecular complexity index is 1170. The highest BCUT2D eigenvalue weighted by Crippen LogP contribution is 2.31. The average molecular weight is 482 g/mol. The normalized spacial score (nSPS) is 21.9. The molecular weight excluding hydrogens is 453 g/mol. The predicted molar refractivity (Wildman–Crippen MR) is 126 cm³/mol. The fourth-order valence-electron chi connectivity index (χ4n) is 4.15. The van der Waals surface area contributed by atoms with E-state index in [0.717, 1.165) is 24.0 Å². The van der Waals surface area contributed by atoms with E-state index >= 15 is 0 Å². The summed E-state index contributed by atoms with van der Waals surface area (Å²) in [7, 11) is 1.76. The molecule has 11 heteroatoms. The Kier molecular flexibility index (Phi) is 6.25. The first kappa shape index (κ1) is 23.0. The van der Waals surface area contributed by atoms with Gasteiger partial charge in [0.25, 0.3) is 5.91 Å². The van der Waals surface area contributed by atoms with Crippen LogP contribution < -0.4 is 21.0 Å². The molecule has 1 aromatic heterocycles. The minimum absolute atomic E-state index is 0.0108. The first-order valence-corrected chi connectivity index (χ1v) is 11.7. The van der Waals surface area contributed by atoms with Crippen LogP contribution in [0.5, 0.6) is 5.75 Å². The minimum Gasteiger partial charge on any atom is -0.487 e. The Hall–Kier alpha value is -3.73. The van der Waals surface area contributed by atoms with Crippen molar-refractivity contribution in [2.45, 2.75) is 38.5 Å². The summed E-state index contributed by atoms with van der Waals surface area (Å²) in [6, 6.07) is 7.30. The zero-order valence-corrected chi connectivity index (χ0v) is 19.6. The van der Waals surface area contributed by atoms with Crippen LogP contribution in [-0.2, 0) is 9.59 Å². The van der Waals surface area contributed by atoms with Crippen molar-refractivity contribution in [2.24, 2.45) is 5.92 Å². The number of ether oxygens (including phenoxy) is 1. The molecule has 1 saturated carbocycles. The number of aromatic nitrogens is 2. The minimum atomic E-state index is -1.31. The zero-order valence-electron chi connectivity index (χ0n) is 19.6. The van der Waals surface area contributed by atoms with Crippen molar-refractivity contribution in [2.75, 3.05) is 25.5 Å². The molecule has 5 rings (SSSR count). The van der Waals surface area contributed by atoms with E-state index in [1.807, 2.05) is 19.1 Å². The highest BCUT2D eigenvalue weighted by molar-refractivity contribution is 5.94. The summed E-state index contributed by atoms with van der Waals surface area (Å²) in [6.45, 7) is 2.27. The summed E-state index contributed by atoms with van der Waals surface area (Å²) >= 11 is 0. The third-order valence-electron chi connectivity index (χ3n) is 6.30. The molecule has 2 amide bonds. The van der Waals surface area contributed by atoms with Crippen LogP contribution in [0.1, 0.15) is 24.8 Å². The zero-order chi connectivity index (χ0) is 24.5. The molecule has 1 aromatic carbocycles. The first-order chi connectivity index (χ1) is 16.9. The van der Waals surface area contributed by atoms with Crippen LogP contribution in [0.4, 0.5) is 10.2 Å². The van der Waals surface area contributed by atoms with Gasteiger partial charge < -0.3 is 15.0 Å².